The van der Waals surface area contributed by atoms with Crippen LogP contribution in [0.25, 0.3) is 0 Å². The number of hydrogen-bond acceptors (Lipinski definition) is 2. The van der Waals surface area contributed by atoms with E-state index in [1.807, 2.05) is 13.0 Å². The molecule has 0 heterocycles. The van der Waals surface area contributed by atoms with Crippen molar-refractivity contribution >= 4 is 36.5 Å². The molecule has 0 saturated carbocycles. The van der Waals surface area contributed by atoms with E-state index in [-0.39, 0.29) is 24.8 Å². The molecule has 0 aliphatic rings. The van der Waals surface area contributed by atoms with Gasteiger partial charge in [0.2, 0.25) is 0 Å². The minimum absolute atomic E-state index is 0. The van der Waals surface area contributed by atoms with Gasteiger partial charge in [-0.15, -0.1) is 24.8 Å². The first-order valence-corrected chi connectivity index (χ1v) is 6.05. The normalized spacial score (nSPS) is 10.2. The zero-order chi connectivity index (χ0) is 12.7. The van der Waals surface area contributed by atoms with Crippen molar-refractivity contribution in [2.24, 2.45) is 10.7 Å². The number of rotatable bonds is 4. The fourth-order valence-electron chi connectivity index (χ4n) is 1.83. The maximum Gasteiger partial charge on any atom is 0.195 e. The molecular weight excluding hydrogens is 283 g/mol. The largest absolute Gasteiger partial charge is 0.356 e. The lowest BCUT2D eigenvalue weighted by Crippen LogP contribution is -2.30. The van der Waals surface area contributed by atoms with E-state index in [9.17, 15) is 0 Å². The van der Waals surface area contributed by atoms with Crippen LogP contribution in [0.15, 0.2) is 23.2 Å². The molecule has 1 rings (SSSR count). The maximum atomic E-state index is 5.74. The smallest absolute Gasteiger partial charge is 0.195 e. The fraction of sp³-hybridized carbons (Fsp3) is 0.462. The molecule has 0 radical (unpaired) electrons. The first kappa shape index (κ1) is 20.3. The van der Waals surface area contributed by atoms with Gasteiger partial charge >= 0.3 is 0 Å². The van der Waals surface area contributed by atoms with Crippen LogP contribution in [0.3, 0.4) is 0 Å². The summed E-state index contributed by atoms with van der Waals surface area (Å²) in [7, 11) is 1.77. The summed E-state index contributed by atoms with van der Waals surface area (Å²) in [6, 6.07) is 6.14. The van der Waals surface area contributed by atoms with E-state index in [1.54, 1.807) is 7.05 Å². The second-order valence-electron chi connectivity index (χ2n) is 3.73. The highest BCUT2D eigenvalue weighted by Crippen LogP contribution is 2.20. The van der Waals surface area contributed by atoms with Gasteiger partial charge in [-0.25, -0.2) is 0 Å². The van der Waals surface area contributed by atoms with E-state index < -0.39 is 0 Å². The van der Waals surface area contributed by atoms with Gasteiger partial charge in [0, 0.05) is 25.8 Å². The Hall–Kier alpha value is -0.970. The second kappa shape index (κ2) is 10.9. The molecule has 0 bridgehead atoms. The second-order valence-corrected chi connectivity index (χ2v) is 3.73. The summed E-state index contributed by atoms with van der Waals surface area (Å²) in [5.74, 6) is 0.788. The summed E-state index contributed by atoms with van der Waals surface area (Å²) in [4.78, 5) is 4.17. The van der Waals surface area contributed by atoms with Gasteiger partial charge in [-0.1, -0.05) is 19.1 Å². The summed E-state index contributed by atoms with van der Waals surface area (Å²) in [5.41, 5.74) is 9.27. The zero-order valence-corrected chi connectivity index (χ0v) is 13.3. The van der Waals surface area contributed by atoms with Crippen LogP contribution in [0.2, 0.25) is 0 Å². The standard InChI is InChI=1S/C13H22N4.2ClH/c1-4-11-10(9-14)7-6-8-12(11)17-13(15-3)16-5-2;;/h6-8H,4-5,9,14H2,1-3H3,(H2,15,16,17);2*1H. The van der Waals surface area contributed by atoms with E-state index >= 15 is 0 Å². The number of benzene rings is 1. The molecule has 4 nitrogen and oxygen atoms in total. The van der Waals surface area contributed by atoms with Gasteiger partial charge in [0.05, 0.1) is 0 Å². The lowest BCUT2D eigenvalue weighted by Gasteiger charge is -2.16. The van der Waals surface area contributed by atoms with Gasteiger partial charge in [-0.3, -0.25) is 4.99 Å². The predicted molar refractivity (Wildman–Crippen MR) is 88.9 cm³/mol. The molecule has 6 heteroatoms. The Kier molecular flexibility index (Phi) is 11.7. The van der Waals surface area contributed by atoms with Crippen LogP contribution in [-0.2, 0) is 13.0 Å². The van der Waals surface area contributed by atoms with Crippen molar-refractivity contribution in [1.82, 2.24) is 5.32 Å². The van der Waals surface area contributed by atoms with Crippen molar-refractivity contribution < 1.29 is 0 Å². The molecule has 0 aromatic heterocycles. The van der Waals surface area contributed by atoms with Crippen LogP contribution in [0, 0.1) is 0 Å². The minimum atomic E-state index is 0. The third-order valence-corrected chi connectivity index (χ3v) is 2.67. The summed E-state index contributed by atoms with van der Waals surface area (Å²) in [6.45, 7) is 5.59. The molecular formula is C13H24Cl2N4. The lowest BCUT2D eigenvalue weighted by atomic mass is 10.0. The SMILES string of the molecule is CCNC(=NC)Nc1cccc(CN)c1CC.Cl.Cl. The van der Waals surface area contributed by atoms with Crippen LogP contribution in [0.4, 0.5) is 5.69 Å². The molecule has 110 valence electrons. The molecule has 0 amide bonds. The highest BCUT2D eigenvalue weighted by Gasteiger charge is 2.06. The fourth-order valence-corrected chi connectivity index (χ4v) is 1.83. The van der Waals surface area contributed by atoms with Gasteiger partial charge in [-0.2, -0.15) is 0 Å². The number of nitrogens with zero attached hydrogens (tertiary/aromatic N) is 1. The molecule has 0 unspecified atom stereocenters. The highest BCUT2D eigenvalue weighted by atomic mass is 35.5. The Bertz CT molecular complexity index is 394. The van der Waals surface area contributed by atoms with E-state index in [0.717, 1.165) is 24.6 Å². The van der Waals surface area contributed by atoms with Crippen molar-refractivity contribution in [3.8, 4) is 0 Å². The van der Waals surface area contributed by atoms with Gasteiger partial charge < -0.3 is 16.4 Å². The first-order chi connectivity index (χ1) is 8.26. The molecule has 0 aliphatic heterocycles. The van der Waals surface area contributed by atoms with E-state index in [2.05, 4.69) is 34.7 Å². The highest BCUT2D eigenvalue weighted by molar-refractivity contribution is 5.94. The van der Waals surface area contributed by atoms with Crippen LogP contribution < -0.4 is 16.4 Å². The number of anilines is 1. The van der Waals surface area contributed by atoms with Gasteiger partial charge in [0.1, 0.15) is 0 Å². The van der Waals surface area contributed by atoms with Crippen molar-refractivity contribution in [3.05, 3.63) is 29.3 Å². The number of nitrogens with one attached hydrogen (secondary N) is 2. The molecule has 0 atom stereocenters. The third-order valence-electron chi connectivity index (χ3n) is 2.67. The maximum absolute atomic E-state index is 5.74. The monoisotopic (exact) mass is 306 g/mol. The number of hydrogen-bond donors (Lipinski definition) is 3. The van der Waals surface area contributed by atoms with Crippen molar-refractivity contribution in [2.45, 2.75) is 26.8 Å². The summed E-state index contributed by atoms with van der Waals surface area (Å²) in [5, 5.41) is 6.48. The number of aliphatic imine (C=N–C) groups is 1. The van der Waals surface area contributed by atoms with E-state index in [4.69, 9.17) is 5.73 Å². The molecule has 1 aromatic rings. The Morgan fingerprint density at radius 2 is 1.95 bits per heavy atom. The predicted octanol–water partition coefficient (Wildman–Crippen LogP) is 2.56. The molecule has 0 saturated heterocycles. The Morgan fingerprint density at radius 3 is 2.42 bits per heavy atom. The number of nitrogens with two attached hydrogens (primary N) is 1. The van der Waals surface area contributed by atoms with Crippen molar-refractivity contribution in [2.75, 3.05) is 18.9 Å². The van der Waals surface area contributed by atoms with E-state index in [1.165, 1.54) is 11.1 Å². The van der Waals surface area contributed by atoms with Gasteiger partial charge in [0.25, 0.3) is 0 Å². The van der Waals surface area contributed by atoms with Crippen LogP contribution in [0.1, 0.15) is 25.0 Å². The summed E-state index contributed by atoms with van der Waals surface area (Å²) >= 11 is 0. The Labute approximate surface area is 128 Å². The van der Waals surface area contributed by atoms with Crippen molar-refractivity contribution in [3.63, 3.8) is 0 Å². The average molecular weight is 307 g/mol. The average Bonchev–Trinajstić information content (AvgIpc) is 2.37. The molecule has 4 N–H and O–H groups in total. The van der Waals surface area contributed by atoms with Crippen molar-refractivity contribution in [1.29, 1.82) is 0 Å². The van der Waals surface area contributed by atoms with Crippen LogP contribution in [0.5, 0.6) is 0 Å². The topological polar surface area (TPSA) is 62.4 Å². The minimum Gasteiger partial charge on any atom is -0.356 e. The van der Waals surface area contributed by atoms with Crippen LogP contribution >= 0.6 is 24.8 Å². The molecule has 19 heavy (non-hydrogen) atoms. The number of guanidine groups is 1. The first-order valence-electron chi connectivity index (χ1n) is 6.05. The number of halogens is 2. The zero-order valence-electron chi connectivity index (χ0n) is 11.7. The van der Waals surface area contributed by atoms with Gasteiger partial charge in [-0.05, 0) is 30.5 Å². The molecule has 0 spiro atoms. The van der Waals surface area contributed by atoms with E-state index in [0.29, 0.717) is 6.54 Å². The third kappa shape index (κ3) is 5.68. The van der Waals surface area contributed by atoms with Crippen LogP contribution in [-0.4, -0.2) is 19.6 Å². The lowest BCUT2D eigenvalue weighted by molar-refractivity contribution is 0.955. The Morgan fingerprint density at radius 1 is 1.26 bits per heavy atom. The molecule has 0 aliphatic carbocycles. The summed E-state index contributed by atoms with van der Waals surface area (Å²) in [6.07, 6.45) is 0.957. The Balaban J connectivity index is 0. The molecule has 0 fully saturated rings. The molecule has 1 aromatic carbocycles. The summed E-state index contributed by atoms with van der Waals surface area (Å²) < 4.78 is 0. The van der Waals surface area contributed by atoms with Gasteiger partial charge in [0.15, 0.2) is 5.96 Å². The quantitative estimate of drug-likeness (QED) is 0.592.